The molecule has 0 heterocycles. The molecule has 0 aromatic heterocycles. The van der Waals surface area contributed by atoms with Crippen LogP contribution in [0.5, 0.6) is 11.5 Å². The van der Waals surface area contributed by atoms with Crippen molar-refractivity contribution in [3.63, 3.8) is 0 Å². The highest BCUT2D eigenvalue weighted by Crippen LogP contribution is 2.28. The number of aliphatic hydroxyl groups is 1. The first-order valence-corrected chi connectivity index (χ1v) is 11.6. The zero-order valence-corrected chi connectivity index (χ0v) is 19.7. The second-order valence-electron chi connectivity index (χ2n) is 8.29. The molecule has 0 aliphatic rings. The third kappa shape index (κ3) is 8.21. The molecular formula is C28H36N2O3. The molecule has 3 rings (SSSR count). The summed E-state index contributed by atoms with van der Waals surface area (Å²) < 4.78 is 11.0. The van der Waals surface area contributed by atoms with E-state index in [0.29, 0.717) is 24.0 Å². The van der Waals surface area contributed by atoms with Gasteiger partial charge in [-0.2, -0.15) is 0 Å². The van der Waals surface area contributed by atoms with Crippen LogP contribution in [-0.2, 0) is 0 Å². The van der Waals surface area contributed by atoms with E-state index in [0.717, 1.165) is 26.1 Å². The number of hydrogen-bond donors (Lipinski definition) is 2. The number of likely N-dealkylation sites (N-methyl/N-ethyl adjacent to an activating group) is 1. The van der Waals surface area contributed by atoms with Crippen molar-refractivity contribution in [2.75, 3.05) is 46.9 Å². The summed E-state index contributed by atoms with van der Waals surface area (Å²) >= 11 is 0. The van der Waals surface area contributed by atoms with Crippen molar-refractivity contribution in [1.29, 1.82) is 0 Å². The van der Waals surface area contributed by atoms with E-state index >= 15 is 0 Å². The van der Waals surface area contributed by atoms with Crippen LogP contribution in [-0.4, -0.2) is 63.1 Å². The highest BCUT2D eigenvalue weighted by atomic mass is 16.5. The summed E-state index contributed by atoms with van der Waals surface area (Å²) in [5, 5.41) is 13.6. The Balaban J connectivity index is 1.37. The molecule has 0 saturated heterocycles. The second-order valence-corrected chi connectivity index (χ2v) is 8.29. The van der Waals surface area contributed by atoms with E-state index in [1.165, 1.54) is 11.1 Å². The Morgan fingerprint density at radius 3 is 2.00 bits per heavy atom. The Labute approximate surface area is 198 Å². The van der Waals surface area contributed by atoms with E-state index in [4.69, 9.17) is 9.47 Å². The van der Waals surface area contributed by atoms with Crippen LogP contribution in [0.4, 0.5) is 0 Å². The average molecular weight is 449 g/mol. The van der Waals surface area contributed by atoms with E-state index in [-0.39, 0.29) is 6.61 Å². The van der Waals surface area contributed by atoms with Gasteiger partial charge in [0.1, 0.15) is 12.7 Å². The van der Waals surface area contributed by atoms with Gasteiger partial charge in [-0.3, -0.25) is 0 Å². The first kappa shape index (κ1) is 24.8. The molecule has 0 bridgehead atoms. The summed E-state index contributed by atoms with van der Waals surface area (Å²) in [4.78, 5) is 2.34. The number of ether oxygens (including phenoxy) is 2. The number of methoxy groups -OCH3 is 1. The minimum atomic E-state index is -0.583. The summed E-state index contributed by atoms with van der Waals surface area (Å²) in [5.41, 5.74) is 2.71. The largest absolute Gasteiger partial charge is 0.493 e. The molecule has 0 saturated carbocycles. The third-order valence-electron chi connectivity index (χ3n) is 5.75. The van der Waals surface area contributed by atoms with E-state index in [2.05, 4.69) is 77.9 Å². The van der Waals surface area contributed by atoms with Crippen molar-refractivity contribution in [2.45, 2.75) is 18.4 Å². The molecular weight excluding hydrogens is 412 g/mol. The van der Waals surface area contributed by atoms with Crippen LogP contribution >= 0.6 is 0 Å². The molecule has 176 valence electrons. The predicted octanol–water partition coefficient (Wildman–Crippen LogP) is 4.18. The Kier molecular flexibility index (Phi) is 10.2. The second kappa shape index (κ2) is 13.6. The van der Waals surface area contributed by atoms with Crippen LogP contribution in [0, 0.1) is 0 Å². The first-order valence-electron chi connectivity index (χ1n) is 11.6. The number of rotatable bonds is 14. The number of benzene rings is 3. The molecule has 0 radical (unpaired) electrons. The Morgan fingerprint density at radius 2 is 1.39 bits per heavy atom. The SMILES string of the molecule is COc1ccccc1OCC(O)CNCCN(C)CCC(c1ccccc1)c1ccccc1. The summed E-state index contributed by atoms with van der Waals surface area (Å²) in [6.07, 6.45) is 0.473. The maximum Gasteiger partial charge on any atom is 0.161 e. The fourth-order valence-electron chi connectivity index (χ4n) is 3.88. The topological polar surface area (TPSA) is 54.0 Å². The minimum absolute atomic E-state index is 0.221. The zero-order valence-electron chi connectivity index (χ0n) is 19.7. The number of aliphatic hydroxyl groups excluding tert-OH is 1. The van der Waals surface area contributed by atoms with Gasteiger partial charge in [-0.05, 0) is 43.3 Å². The lowest BCUT2D eigenvalue weighted by molar-refractivity contribution is 0.104. The molecule has 33 heavy (non-hydrogen) atoms. The van der Waals surface area contributed by atoms with Gasteiger partial charge in [0, 0.05) is 25.6 Å². The molecule has 0 amide bonds. The standard InChI is InChI=1S/C28H36N2O3/c1-30(19-17-26(23-11-5-3-6-12-23)24-13-7-4-8-14-24)20-18-29-21-25(31)22-33-28-16-10-9-15-27(28)32-2/h3-16,25-26,29,31H,17-22H2,1-2H3. The molecule has 3 aromatic carbocycles. The van der Waals surface area contributed by atoms with Crippen molar-refractivity contribution >= 4 is 0 Å². The number of nitrogens with zero attached hydrogens (tertiary/aromatic N) is 1. The molecule has 0 fully saturated rings. The lowest BCUT2D eigenvalue weighted by atomic mass is 9.88. The zero-order chi connectivity index (χ0) is 23.3. The average Bonchev–Trinajstić information content (AvgIpc) is 2.87. The minimum Gasteiger partial charge on any atom is -0.493 e. The normalized spacial score (nSPS) is 12.2. The van der Waals surface area contributed by atoms with Gasteiger partial charge in [-0.15, -0.1) is 0 Å². The lowest BCUT2D eigenvalue weighted by Crippen LogP contribution is -2.36. The van der Waals surface area contributed by atoms with Gasteiger partial charge in [-0.25, -0.2) is 0 Å². The van der Waals surface area contributed by atoms with Gasteiger partial charge in [0.05, 0.1) is 7.11 Å². The number of nitrogens with one attached hydrogen (secondary N) is 1. The van der Waals surface area contributed by atoms with Crippen LogP contribution < -0.4 is 14.8 Å². The molecule has 1 unspecified atom stereocenters. The van der Waals surface area contributed by atoms with Gasteiger partial charge in [0.2, 0.25) is 0 Å². The molecule has 0 aliphatic carbocycles. The van der Waals surface area contributed by atoms with Crippen molar-refractivity contribution in [1.82, 2.24) is 10.2 Å². The quantitative estimate of drug-likeness (QED) is 0.363. The van der Waals surface area contributed by atoms with Crippen molar-refractivity contribution in [3.05, 3.63) is 96.1 Å². The van der Waals surface area contributed by atoms with E-state index in [9.17, 15) is 5.11 Å². The molecule has 2 N–H and O–H groups in total. The molecule has 3 aromatic rings. The van der Waals surface area contributed by atoms with Crippen LogP contribution in [0.1, 0.15) is 23.5 Å². The predicted molar refractivity (Wildman–Crippen MR) is 134 cm³/mol. The Morgan fingerprint density at radius 1 is 0.818 bits per heavy atom. The van der Waals surface area contributed by atoms with Crippen LogP contribution in [0.3, 0.4) is 0 Å². The molecule has 0 spiro atoms. The highest BCUT2D eigenvalue weighted by molar-refractivity contribution is 5.39. The maximum absolute atomic E-state index is 10.2. The highest BCUT2D eigenvalue weighted by Gasteiger charge is 2.15. The summed E-state index contributed by atoms with van der Waals surface area (Å²) in [5.74, 6) is 1.70. The van der Waals surface area contributed by atoms with Crippen LogP contribution in [0.25, 0.3) is 0 Å². The number of para-hydroxylation sites is 2. The summed E-state index contributed by atoms with van der Waals surface area (Å²) in [7, 11) is 3.76. The maximum atomic E-state index is 10.2. The summed E-state index contributed by atoms with van der Waals surface area (Å²) in [6, 6.07) is 28.9. The van der Waals surface area contributed by atoms with Gasteiger partial charge in [-0.1, -0.05) is 72.8 Å². The Bertz CT molecular complexity index is 881. The van der Waals surface area contributed by atoms with E-state index < -0.39 is 6.10 Å². The summed E-state index contributed by atoms with van der Waals surface area (Å²) in [6.45, 7) is 3.42. The van der Waals surface area contributed by atoms with Crippen molar-refractivity contribution in [3.8, 4) is 11.5 Å². The first-order chi connectivity index (χ1) is 16.2. The van der Waals surface area contributed by atoms with Gasteiger partial charge >= 0.3 is 0 Å². The van der Waals surface area contributed by atoms with Gasteiger partial charge in [0.15, 0.2) is 11.5 Å². The van der Waals surface area contributed by atoms with Gasteiger partial charge in [0.25, 0.3) is 0 Å². The molecule has 1 atom stereocenters. The molecule has 0 aliphatic heterocycles. The molecule has 5 nitrogen and oxygen atoms in total. The smallest absolute Gasteiger partial charge is 0.161 e. The van der Waals surface area contributed by atoms with Crippen molar-refractivity contribution < 1.29 is 14.6 Å². The third-order valence-corrected chi connectivity index (χ3v) is 5.75. The monoisotopic (exact) mass is 448 g/mol. The number of hydrogen-bond acceptors (Lipinski definition) is 5. The van der Waals surface area contributed by atoms with E-state index in [1.807, 2.05) is 24.3 Å². The van der Waals surface area contributed by atoms with Crippen molar-refractivity contribution in [2.24, 2.45) is 0 Å². The van der Waals surface area contributed by atoms with E-state index in [1.54, 1.807) is 7.11 Å². The Hall–Kier alpha value is -2.86. The van der Waals surface area contributed by atoms with Crippen LogP contribution in [0.2, 0.25) is 0 Å². The lowest BCUT2D eigenvalue weighted by Gasteiger charge is -2.23. The fourth-order valence-corrected chi connectivity index (χ4v) is 3.88. The molecule has 5 heteroatoms. The van der Waals surface area contributed by atoms with Crippen LogP contribution in [0.15, 0.2) is 84.9 Å². The fraction of sp³-hybridized carbons (Fsp3) is 0.357. The van der Waals surface area contributed by atoms with Gasteiger partial charge < -0.3 is 24.8 Å².